The molecule has 0 amide bonds. The van der Waals surface area contributed by atoms with Crippen molar-refractivity contribution in [2.45, 2.75) is 25.7 Å². The lowest BCUT2D eigenvalue weighted by Crippen LogP contribution is -1.85. The molecular weight excluding hydrogens is 203 g/mol. The van der Waals surface area contributed by atoms with Gasteiger partial charge in [0.05, 0.1) is 11.4 Å². The van der Waals surface area contributed by atoms with Crippen molar-refractivity contribution < 1.29 is 4.39 Å². The standard InChI is InChI=1S/C13H13FN2/c1-8-2-5-10(14)6-11(8)13-7-12(15-16-13)9-3-4-9/h2,5-7,9H,3-4H2,1H3,(H,15,16). The summed E-state index contributed by atoms with van der Waals surface area (Å²) < 4.78 is 13.2. The van der Waals surface area contributed by atoms with Gasteiger partial charge >= 0.3 is 0 Å². The van der Waals surface area contributed by atoms with Crippen molar-refractivity contribution in [3.8, 4) is 11.3 Å². The van der Waals surface area contributed by atoms with Crippen molar-refractivity contribution >= 4 is 0 Å². The number of hydrogen-bond acceptors (Lipinski definition) is 1. The normalized spacial score (nSPS) is 15.4. The van der Waals surface area contributed by atoms with Crippen LogP contribution in [0, 0.1) is 12.7 Å². The molecule has 0 unspecified atom stereocenters. The van der Waals surface area contributed by atoms with Crippen LogP contribution in [-0.2, 0) is 0 Å². The Bertz CT molecular complexity index is 526. The lowest BCUT2D eigenvalue weighted by atomic mass is 10.1. The van der Waals surface area contributed by atoms with Crippen LogP contribution in [0.4, 0.5) is 4.39 Å². The maximum Gasteiger partial charge on any atom is 0.123 e. The summed E-state index contributed by atoms with van der Waals surface area (Å²) in [5.41, 5.74) is 3.99. The summed E-state index contributed by atoms with van der Waals surface area (Å²) >= 11 is 0. The predicted octanol–water partition coefficient (Wildman–Crippen LogP) is 3.40. The Kier molecular flexibility index (Phi) is 2.06. The van der Waals surface area contributed by atoms with Crippen LogP contribution >= 0.6 is 0 Å². The molecule has 0 saturated heterocycles. The Hall–Kier alpha value is -1.64. The van der Waals surface area contributed by atoms with Crippen molar-refractivity contribution in [1.82, 2.24) is 10.2 Å². The molecule has 0 aliphatic heterocycles. The van der Waals surface area contributed by atoms with Crippen LogP contribution in [0.15, 0.2) is 24.3 Å². The van der Waals surface area contributed by atoms with Crippen LogP contribution in [0.25, 0.3) is 11.3 Å². The zero-order valence-electron chi connectivity index (χ0n) is 9.13. The number of aromatic nitrogens is 2. The summed E-state index contributed by atoms with van der Waals surface area (Å²) in [6, 6.07) is 6.87. The topological polar surface area (TPSA) is 28.7 Å². The van der Waals surface area contributed by atoms with Gasteiger partial charge in [0.25, 0.3) is 0 Å². The van der Waals surface area contributed by atoms with Crippen LogP contribution in [0.2, 0.25) is 0 Å². The van der Waals surface area contributed by atoms with E-state index in [1.807, 2.05) is 13.0 Å². The number of H-pyrrole nitrogens is 1. The first-order valence-electron chi connectivity index (χ1n) is 5.56. The fraction of sp³-hybridized carbons (Fsp3) is 0.308. The van der Waals surface area contributed by atoms with Crippen molar-refractivity contribution in [2.75, 3.05) is 0 Å². The van der Waals surface area contributed by atoms with Gasteiger partial charge in [0.15, 0.2) is 0 Å². The molecule has 1 aromatic carbocycles. The first kappa shape index (κ1) is 9.58. The lowest BCUT2D eigenvalue weighted by Gasteiger charge is -2.02. The van der Waals surface area contributed by atoms with Crippen LogP contribution in [0.1, 0.15) is 30.0 Å². The van der Waals surface area contributed by atoms with Gasteiger partial charge in [-0.25, -0.2) is 4.39 Å². The molecule has 2 aromatic rings. The van der Waals surface area contributed by atoms with E-state index in [1.54, 1.807) is 12.1 Å². The predicted molar refractivity (Wildman–Crippen MR) is 60.7 cm³/mol. The highest BCUT2D eigenvalue weighted by Gasteiger charge is 2.26. The molecule has 3 rings (SSSR count). The smallest absolute Gasteiger partial charge is 0.123 e. The van der Waals surface area contributed by atoms with Gasteiger partial charge in [-0.15, -0.1) is 0 Å². The van der Waals surface area contributed by atoms with Gasteiger partial charge in [-0.3, -0.25) is 5.10 Å². The maximum absolute atomic E-state index is 13.2. The molecule has 1 heterocycles. The largest absolute Gasteiger partial charge is 0.278 e. The molecule has 2 nitrogen and oxygen atoms in total. The summed E-state index contributed by atoms with van der Waals surface area (Å²) in [7, 11) is 0. The third kappa shape index (κ3) is 1.62. The molecule has 16 heavy (non-hydrogen) atoms. The zero-order valence-corrected chi connectivity index (χ0v) is 9.13. The van der Waals surface area contributed by atoms with Gasteiger partial charge in [0, 0.05) is 11.5 Å². The van der Waals surface area contributed by atoms with Gasteiger partial charge < -0.3 is 0 Å². The highest BCUT2D eigenvalue weighted by Crippen LogP contribution is 2.40. The fourth-order valence-electron chi connectivity index (χ4n) is 1.95. The first-order chi connectivity index (χ1) is 7.74. The molecule has 1 fully saturated rings. The third-order valence-electron chi connectivity index (χ3n) is 3.08. The molecule has 1 aliphatic carbocycles. The van der Waals surface area contributed by atoms with E-state index in [0.29, 0.717) is 5.92 Å². The van der Waals surface area contributed by atoms with Crippen molar-refractivity contribution in [1.29, 1.82) is 0 Å². The number of hydrogen-bond donors (Lipinski definition) is 1. The van der Waals surface area contributed by atoms with Crippen molar-refractivity contribution in [2.24, 2.45) is 0 Å². The van der Waals surface area contributed by atoms with E-state index in [9.17, 15) is 4.39 Å². The second kappa shape index (κ2) is 3.44. The van der Waals surface area contributed by atoms with Crippen molar-refractivity contribution in [3.05, 3.63) is 41.3 Å². The number of rotatable bonds is 2. The van der Waals surface area contributed by atoms with Crippen LogP contribution in [0.5, 0.6) is 0 Å². The molecular formula is C13H13FN2. The molecule has 1 aromatic heterocycles. The highest BCUT2D eigenvalue weighted by molar-refractivity contribution is 5.63. The van der Waals surface area contributed by atoms with Crippen LogP contribution in [-0.4, -0.2) is 10.2 Å². The summed E-state index contributed by atoms with van der Waals surface area (Å²) in [5.74, 6) is 0.419. The summed E-state index contributed by atoms with van der Waals surface area (Å²) in [6.07, 6.45) is 2.46. The molecule has 0 radical (unpaired) electrons. The lowest BCUT2D eigenvalue weighted by molar-refractivity contribution is 0.628. The van der Waals surface area contributed by atoms with E-state index in [-0.39, 0.29) is 5.82 Å². The second-order valence-electron chi connectivity index (χ2n) is 4.44. The molecule has 0 spiro atoms. The monoisotopic (exact) mass is 216 g/mol. The van der Waals surface area contributed by atoms with E-state index in [2.05, 4.69) is 10.2 Å². The molecule has 1 aliphatic rings. The van der Waals surface area contributed by atoms with Crippen LogP contribution in [0.3, 0.4) is 0 Å². The van der Waals surface area contributed by atoms with Gasteiger partial charge in [-0.05, 0) is 43.5 Å². The number of nitrogens with zero attached hydrogens (tertiary/aromatic N) is 1. The minimum absolute atomic E-state index is 0.205. The first-order valence-corrected chi connectivity index (χ1v) is 5.56. The SMILES string of the molecule is Cc1ccc(F)cc1-c1cc(C2CC2)n[nH]1. The van der Waals surface area contributed by atoms with E-state index in [4.69, 9.17) is 0 Å². The fourth-order valence-corrected chi connectivity index (χ4v) is 1.95. The number of nitrogens with one attached hydrogen (secondary N) is 1. The number of aryl methyl sites for hydroxylation is 1. The van der Waals surface area contributed by atoms with E-state index < -0.39 is 0 Å². The van der Waals surface area contributed by atoms with Crippen LogP contribution < -0.4 is 0 Å². The minimum Gasteiger partial charge on any atom is -0.278 e. The quantitative estimate of drug-likeness (QED) is 0.818. The summed E-state index contributed by atoms with van der Waals surface area (Å²) in [5, 5.41) is 7.27. The average Bonchev–Trinajstić information content (AvgIpc) is 3.01. The van der Waals surface area contributed by atoms with Crippen molar-refractivity contribution in [3.63, 3.8) is 0 Å². The molecule has 0 atom stereocenters. The number of benzene rings is 1. The highest BCUT2D eigenvalue weighted by atomic mass is 19.1. The summed E-state index contributed by atoms with van der Waals surface area (Å²) in [6.45, 7) is 1.98. The Labute approximate surface area is 93.5 Å². The molecule has 1 saturated carbocycles. The Morgan fingerprint density at radius 2 is 2.12 bits per heavy atom. The average molecular weight is 216 g/mol. The maximum atomic E-state index is 13.2. The van der Waals surface area contributed by atoms with E-state index in [0.717, 1.165) is 22.5 Å². The van der Waals surface area contributed by atoms with Gasteiger partial charge in [-0.1, -0.05) is 6.07 Å². The molecule has 82 valence electrons. The Balaban J connectivity index is 2.03. The number of halogens is 1. The van der Waals surface area contributed by atoms with Gasteiger partial charge in [-0.2, -0.15) is 5.10 Å². The molecule has 3 heteroatoms. The van der Waals surface area contributed by atoms with Gasteiger partial charge in [0.1, 0.15) is 5.82 Å². The minimum atomic E-state index is -0.205. The van der Waals surface area contributed by atoms with Gasteiger partial charge in [0.2, 0.25) is 0 Å². The van der Waals surface area contributed by atoms with E-state index in [1.165, 1.54) is 18.9 Å². The second-order valence-corrected chi connectivity index (χ2v) is 4.44. The van der Waals surface area contributed by atoms with E-state index >= 15 is 0 Å². The Morgan fingerprint density at radius 1 is 1.31 bits per heavy atom. The number of aromatic amines is 1. The Morgan fingerprint density at radius 3 is 2.88 bits per heavy atom. The zero-order chi connectivity index (χ0) is 11.1. The molecule has 1 N–H and O–H groups in total. The molecule has 0 bridgehead atoms. The summed E-state index contributed by atoms with van der Waals surface area (Å²) in [4.78, 5) is 0. The third-order valence-corrected chi connectivity index (χ3v) is 3.08.